The van der Waals surface area contributed by atoms with E-state index in [1.807, 2.05) is 25.1 Å². The number of oxazole rings is 1. The number of aromatic nitrogens is 1. The van der Waals surface area contributed by atoms with Crippen molar-refractivity contribution < 1.29 is 14.4 Å². The van der Waals surface area contributed by atoms with E-state index in [4.69, 9.17) is 4.42 Å². The standard InChI is InChI=1S/C21H15N3O4/c1-13-2-9-20-18(10-13)23-21(28-20)17-11-15(5-8-19(17)25)22-12-14-3-6-16(7-4-14)24(26)27/h2-12,25H,1H3. The molecular formula is C21H15N3O4. The van der Waals surface area contributed by atoms with Crippen molar-refractivity contribution in [2.24, 2.45) is 4.99 Å². The molecule has 0 bridgehead atoms. The summed E-state index contributed by atoms with van der Waals surface area (Å²) in [7, 11) is 0. The Bertz CT molecular complexity index is 1210. The number of aromatic hydroxyl groups is 1. The van der Waals surface area contributed by atoms with Crippen LogP contribution in [0.4, 0.5) is 11.4 Å². The number of nitro benzene ring substituents is 1. The lowest BCUT2D eigenvalue weighted by Gasteiger charge is -2.01. The second-order valence-electron chi connectivity index (χ2n) is 6.30. The summed E-state index contributed by atoms with van der Waals surface area (Å²) in [5.41, 5.74) is 4.19. The summed E-state index contributed by atoms with van der Waals surface area (Å²) in [6.07, 6.45) is 1.59. The first kappa shape index (κ1) is 17.4. The molecule has 1 aromatic heterocycles. The Hall–Kier alpha value is -4.00. The summed E-state index contributed by atoms with van der Waals surface area (Å²) in [5, 5.41) is 20.9. The van der Waals surface area contributed by atoms with Crippen molar-refractivity contribution in [2.45, 2.75) is 6.92 Å². The van der Waals surface area contributed by atoms with Gasteiger partial charge in [0.25, 0.3) is 5.69 Å². The zero-order chi connectivity index (χ0) is 19.7. The smallest absolute Gasteiger partial charge is 0.269 e. The molecule has 0 atom stereocenters. The van der Waals surface area contributed by atoms with Crippen LogP contribution in [0.2, 0.25) is 0 Å². The van der Waals surface area contributed by atoms with Crippen LogP contribution in [-0.4, -0.2) is 21.2 Å². The molecule has 7 heteroatoms. The summed E-state index contributed by atoms with van der Waals surface area (Å²) in [5.74, 6) is 0.350. The third-order valence-electron chi connectivity index (χ3n) is 4.22. The lowest BCUT2D eigenvalue weighted by Crippen LogP contribution is -1.88. The van der Waals surface area contributed by atoms with E-state index in [0.29, 0.717) is 28.2 Å². The first-order valence-corrected chi connectivity index (χ1v) is 8.49. The Balaban J connectivity index is 1.65. The number of nitrogens with zero attached hydrogens (tertiary/aromatic N) is 3. The molecule has 0 amide bonds. The molecule has 0 aliphatic heterocycles. The first-order chi connectivity index (χ1) is 13.5. The highest BCUT2D eigenvalue weighted by molar-refractivity contribution is 5.83. The summed E-state index contributed by atoms with van der Waals surface area (Å²) in [6.45, 7) is 1.97. The molecule has 0 saturated heterocycles. The summed E-state index contributed by atoms with van der Waals surface area (Å²) in [4.78, 5) is 19.1. The van der Waals surface area contributed by atoms with Crippen LogP contribution in [0.15, 0.2) is 70.1 Å². The first-order valence-electron chi connectivity index (χ1n) is 8.49. The molecule has 138 valence electrons. The van der Waals surface area contributed by atoms with Gasteiger partial charge in [0.1, 0.15) is 11.3 Å². The normalized spacial score (nSPS) is 11.3. The fourth-order valence-corrected chi connectivity index (χ4v) is 2.76. The predicted molar refractivity (Wildman–Crippen MR) is 106 cm³/mol. The second kappa shape index (κ2) is 6.96. The third kappa shape index (κ3) is 3.45. The fourth-order valence-electron chi connectivity index (χ4n) is 2.76. The Morgan fingerprint density at radius 2 is 1.89 bits per heavy atom. The fraction of sp³-hybridized carbons (Fsp3) is 0.0476. The van der Waals surface area contributed by atoms with Gasteiger partial charge in [-0.25, -0.2) is 4.98 Å². The van der Waals surface area contributed by atoms with Crippen molar-refractivity contribution in [3.05, 3.63) is 81.9 Å². The molecular weight excluding hydrogens is 358 g/mol. The van der Waals surface area contributed by atoms with Crippen molar-refractivity contribution in [1.29, 1.82) is 0 Å². The van der Waals surface area contributed by atoms with Gasteiger partial charge in [0.05, 0.1) is 16.2 Å². The average Bonchev–Trinajstić information content (AvgIpc) is 3.10. The molecule has 4 rings (SSSR count). The number of aryl methyl sites for hydroxylation is 1. The number of hydrogen-bond acceptors (Lipinski definition) is 6. The Labute approximate surface area is 159 Å². The number of hydrogen-bond donors (Lipinski definition) is 1. The van der Waals surface area contributed by atoms with Crippen molar-refractivity contribution in [2.75, 3.05) is 0 Å². The SMILES string of the molecule is Cc1ccc2oc(-c3cc(N=Cc4ccc([N+](=O)[O-])cc4)ccc3O)nc2c1. The lowest BCUT2D eigenvalue weighted by molar-refractivity contribution is -0.384. The van der Waals surface area contributed by atoms with Gasteiger partial charge in [-0.3, -0.25) is 15.1 Å². The maximum Gasteiger partial charge on any atom is 0.269 e. The highest BCUT2D eigenvalue weighted by Gasteiger charge is 2.13. The van der Waals surface area contributed by atoms with Gasteiger partial charge >= 0.3 is 0 Å². The van der Waals surface area contributed by atoms with Crippen molar-refractivity contribution >= 4 is 28.7 Å². The van der Waals surface area contributed by atoms with E-state index in [1.54, 1.807) is 30.5 Å². The predicted octanol–water partition coefficient (Wildman–Crippen LogP) is 5.17. The summed E-state index contributed by atoms with van der Waals surface area (Å²) in [6, 6.07) is 16.6. The molecule has 1 N–H and O–H groups in total. The van der Waals surface area contributed by atoms with Crippen LogP contribution < -0.4 is 0 Å². The van der Waals surface area contributed by atoms with E-state index in [0.717, 1.165) is 11.1 Å². The maximum absolute atomic E-state index is 10.7. The number of phenols is 1. The number of benzene rings is 3. The average molecular weight is 373 g/mol. The Morgan fingerprint density at radius 1 is 1.11 bits per heavy atom. The number of non-ortho nitro benzene ring substituents is 1. The molecule has 0 radical (unpaired) electrons. The number of rotatable bonds is 4. The Kier molecular flexibility index (Phi) is 4.33. The topological polar surface area (TPSA) is 102 Å². The summed E-state index contributed by atoms with van der Waals surface area (Å²) < 4.78 is 5.76. The van der Waals surface area contributed by atoms with Gasteiger partial charge in [-0.2, -0.15) is 0 Å². The largest absolute Gasteiger partial charge is 0.507 e. The van der Waals surface area contributed by atoms with Crippen LogP contribution >= 0.6 is 0 Å². The van der Waals surface area contributed by atoms with Crippen LogP contribution in [0.3, 0.4) is 0 Å². The van der Waals surface area contributed by atoms with Crippen LogP contribution in [-0.2, 0) is 0 Å². The van der Waals surface area contributed by atoms with Crippen LogP contribution in [0, 0.1) is 17.0 Å². The van der Waals surface area contributed by atoms with Gasteiger partial charge in [0.15, 0.2) is 5.58 Å². The highest BCUT2D eigenvalue weighted by atomic mass is 16.6. The molecule has 0 saturated carbocycles. The molecule has 1 heterocycles. The van der Waals surface area contributed by atoms with E-state index in [1.165, 1.54) is 18.2 Å². The Morgan fingerprint density at radius 3 is 2.64 bits per heavy atom. The highest BCUT2D eigenvalue weighted by Crippen LogP contribution is 2.34. The number of phenolic OH excluding ortho intramolecular Hbond substituents is 1. The van der Waals surface area contributed by atoms with Gasteiger partial charge in [0, 0.05) is 18.3 Å². The molecule has 0 aliphatic rings. The molecule has 3 aromatic carbocycles. The van der Waals surface area contributed by atoms with E-state index >= 15 is 0 Å². The quantitative estimate of drug-likeness (QED) is 0.302. The minimum Gasteiger partial charge on any atom is -0.507 e. The lowest BCUT2D eigenvalue weighted by atomic mass is 10.1. The maximum atomic E-state index is 10.7. The third-order valence-corrected chi connectivity index (χ3v) is 4.22. The van der Waals surface area contributed by atoms with Gasteiger partial charge in [-0.05, 0) is 60.5 Å². The van der Waals surface area contributed by atoms with Gasteiger partial charge in [-0.15, -0.1) is 0 Å². The van der Waals surface area contributed by atoms with Crippen LogP contribution in [0.5, 0.6) is 5.75 Å². The van der Waals surface area contributed by atoms with Crippen LogP contribution in [0.25, 0.3) is 22.6 Å². The number of nitro groups is 1. The molecule has 4 aromatic rings. The molecule has 0 fully saturated rings. The van der Waals surface area contributed by atoms with E-state index < -0.39 is 4.92 Å². The van der Waals surface area contributed by atoms with E-state index in [9.17, 15) is 15.2 Å². The zero-order valence-electron chi connectivity index (χ0n) is 14.9. The van der Waals surface area contributed by atoms with E-state index in [-0.39, 0.29) is 11.4 Å². The molecule has 0 unspecified atom stereocenters. The zero-order valence-corrected chi connectivity index (χ0v) is 14.9. The van der Waals surface area contributed by atoms with Gasteiger partial charge in [-0.1, -0.05) is 6.07 Å². The minimum absolute atomic E-state index is 0.0234. The monoisotopic (exact) mass is 373 g/mol. The van der Waals surface area contributed by atoms with Gasteiger partial charge < -0.3 is 9.52 Å². The second-order valence-corrected chi connectivity index (χ2v) is 6.30. The van der Waals surface area contributed by atoms with E-state index in [2.05, 4.69) is 9.98 Å². The minimum atomic E-state index is -0.449. The molecule has 0 aliphatic carbocycles. The van der Waals surface area contributed by atoms with Crippen molar-refractivity contribution in [3.63, 3.8) is 0 Å². The van der Waals surface area contributed by atoms with Crippen molar-refractivity contribution in [3.8, 4) is 17.2 Å². The number of fused-ring (bicyclic) bond motifs is 1. The summed E-state index contributed by atoms with van der Waals surface area (Å²) >= 11 is 0. The van der Waals surface area contributed by atoms with Gasteiger partial charge in [0.2, 0.25) is 5.89 Å². The van der Waals surface area contributed by atoms with Crippen LogP contribution in [0.1, 0.15) is 11.1 Å². The van der Waals surface area contributed by atoms with Crippen molar-refractivity contribution in [1.82, 2.24) is 4.98 Å². The molecule has 28 heavy (non-hydrogen) atoms. The number of aliphatic imine (C=N–C) groups is 1. The molecule has 7 nitrogen and oxygen atoms in total. The molecule has 0 spiro atoms.